The molecule has 0 saturated heterocycles. The second kappa shape index (κ2) is 6.36. The highest BCUT2D eigenvalue weighted by molar-refractivity contribution is 5.83. The van der Waals surface area contributed by atoms with Gasteiger partial charge in [0.2, 0.25) is 0 Å². The van der Waals surface area contributed by atoms with E-state index in [2.05, 4.69) is 22.2 Å². The Labute approximate surface area is 114 Å². The van der Waals surface area contributed by atoms with Crippen LogP contribution in [-0.4, -0.2) is 42.2 Å². The van der Waals surface area contributed by atoms with Gasteiger partial charge in [-0.05, 0) is 20.3 Å². The smallest absolute Gasteiger partial charge is 0.330 e. The van der Waals surface area contributed by atoms with Crippen LogP contribution >= 0.6 is 0 Å². The number of anilines is 2. The van der Waals surface area contributed by atoms with Gasteiger partial charge in [0.05, 0.1) is 7.11 Å². The first-order valence-electron chi connectivity index (χ1n) is 6.30. The molecular formula is C13H22N4O2. The fourth-order valence-corrected chi connectivity index (χ4v) is 1.70. The summed E-state index contributed by atoms with van der Waals surface area (Å²) in [7, 11) is 3.34. The van der Waals surface area contributed by atoms with Crippen molar-refractivity contribution in [1.29, 1.82) is 0 Å². The van der Waals surface area contributed by atoms with E-state index >= 15 is 0 Å². The molecule has 6 heteroatoms. The van der Waals surface area contributed by atoms with E-state index in [0.29, 0.717) is 5.82 Å². The van der Waals surface area contributed by atoms with Gasteiger partial charge in [0.15, 0.2) is 0 Å². The average Bonchev–Trinajstić information content (AvgIpc) is 2.37. The van der Waals surface area contributed by atoms with E-state index in [1.807, 2.05) is 18.0 Å². The molecule has 1 N–H and O–H groups in total. The van der Waals surface area contributed by atoms with Crippen molar-refractivity contribution in [2.24, 2.45) is 0 Å². The highest BCUT2D eigenvalue weighted by atomic mass is 16.5. The van der Waals surface area contributed by atoms with Crippen LogP contribution in [0.2, 0.25) is 0 Å². The first-order valence-corrected chi connectivity index (χ1v) is 6.30. The quantitative estimate of drug-likeness (QED) is 0.790. The van der Waals surface area contributed by atoms with Gasteiger partial charge in [-0.2, -0.15) is 0 Å². The Bertz CT molecular complexity index is 434. The molecule has 6 nitrogen and oxygen atoms in total. The number of methoxy groups -OCH3 is 1. The molecule has 0 spiro atoms. The molecule has 0 aromatic carbocycles. The third-order valence-corrected chi connectivity index (χ3v) is 2.74. The Hall–Kier alpha value is -1.85. The lowest BCUT2D eigenvalue weighted by atomic mass is 10.1. The van der Waals surface area contributed by atoms with Crippen LogP contribution in [0.15, 0.2) is 12.4 Å². The number of nitrogens with zero attached hydrogens (tertiary/aromatic N) is 3. The molecule has 19 heavy (non-hydrogen) atoms. The first kappa shape index (κ1) is 15.2. The summed E-state index contributed by atoms with van der Waals surface area (Å²) < 4.78 is 4.75. The van der Waals surface area contributed by atoms with E-state index in [1.54, 1.807) is 13.8 Å². The lowest BCUT2D eigenvalue weighted by molar-refractivity contribution is -0.144. The molecule has 0 aliphatic carbocycles. The minimum Gasteiger partial charge on any atom is -0.467 e. The van der Waals surface area contributed by atoms with Crippen molar-refractivity contribution in [3.8, 4) is 0 Å². The zero-order valence-corrected chi connectivity index (χ0v) is 12.2. The highest BCUT2D eigenvalue weighted by Crippen LogP contribution is 2.17. The molecule has 0 bridgehead atoms. The number of hydrogen-bond acceptors (Lipinski definition) is 6. The Balaban J connectivity index is 2.85. The van der Waals surface area contributed by atoms with Crippen molar-refractivity contribution in [3.05, 3.63) is 12.4 Å². The van der Waals surface area contributed by atoms with Gasteiger partial charge in [-0.15, -0.1) is 0 Å². The third-order valence-electron chi connectivity index (χ3n) is 2.74. The Morgan fingerprint density at radius 1 is 1.47 bits per heavy atom. The van der Waals surface area contributed by atoms with Crippen molar-refractivity contribution in [3.63, 3.8) is 0 Å². The number of rotatable bonds is 6. The second-order valence-corrected chi connectivity index (χ2v) is 4.92. The van der Waals surface area contributed by atoms with Crippen LogP contribution < -0.4 is 10.2 Å². The van der Waals surface area contributed by atoms with Gasteiger partial charge in [-0.1, -0.05) is 6.92 Å². The van der Waals surface area contributed by atoms with Gasteiger partial charge in [-0.3, -0.25) is 0 Å². The summed E-state index contributed by atoms with van der Waals surface area (Å²) in [6.07, 6.45) is 2.52. The molecule has 1 aromatic heterocycles. The monoisotopic (exact) mass is 266 g/mol. The zero-order valence-electron chi connectivity index (χ0n) is 12.2. The number of carbonyl (C=O) groups excluding carboxylic acids is 1. The molecule has 106 valence electrons. The average molecular weight is 266 g/mol. The van der Waals surface area contributed by atoms with E-state index in [0.717, 1.165) is 18.8 Å². The summed E-state index contributed by atoms with van der Waals surface area (Å²) in [5, 5.41) is 3.05. The normalized spacial score (nSPS) is 11.0. The van der Waals surface area contributed by atoms with Gasteiger partial charge in [0.25, 0.3) is 0 Å². The van der Waals surface area contributed by atoms with Crippen molar-refractivity contribution in [1.82, 2.24) is 9.97 Å². The lowest BCUT2D eigenvalue weighted by Crippen LogP contribution is -2.41. The van der Waals surface area contributed by atoms with Crippen LogP contribution in [0.5, 0.6) is 0 Å². The van der Waals surface area contributed by atoms with Gasteiger partial charge in [0.1, 0.15) is 23.5 Å². The highest BCUT2D eigenvalue weighted by Gasteiger charge is 2.28. The molecule has 0 saturated carbocycles. The number of carbonyl (C=O) groups is 1. The van der Waals surface area contributed by atoms with Crippen molar-refractivity contribution < 1.29 is 9.53 Å². The molecule has 0 fully saturated rings. The van der Waals surface area contributed by atoms with Crippen LogP contribution in [0.1, 0.15) is 27.2 Å². The zero-order chi connectivity index (χ0) is 14.5. The minimum absolute atomic E-state index is 0.338. The van der Waals surface area contributed by atoms with Crippen LogP contribution in [0.3, 0.4) is 0 Å². The third kappa shape index (κ3) is 4.08. The molecule has 0 aliphatic heterocycles. The number of hydrogen-bond donors (Lipinski definition) is 1. The summed E-state index contributed by atoms with van der Waals surface area (Å²) in [6.45, 7) is 6.51. The van der Waals surface area contributed by atoms with Crippen LogP contribution in [-0.2, 0) is 9.53 Å². The van der Waals surface area contributed by atoms with Crippen molar-refractivity contribution in [2.75, 3.05) is 30.9 Å². The maximum absolute atomic E-state index is 11.6. The maximum atomic E-state index is 11.6. The first-order chi connectivity index (χ1) is 8.90. The van der Waals surface area contributed by atoms with E-state index in [4.69, 9.17) is 4.74 Å². The van der Waals surface area contributed by atoms with Gasteiger partial charge < -0.3 is 15.0 Å². The topological polar surface area (TPSA) is 67.4 Å². The van der Waals surface area contributed by atoms with Crippen molar-refractivity contribution in [2.45, 2.75) is 32.7 Å². The molecular weight excluding hydrogens is 244 g/mol. The van der Waals surface area contributed by atoms with Gasteiger partial charge >= 0.3 is 5.97 Å². The summed E-state index contributed by atoms with van der Waals surface area (Å²) >= 11 is 0. The van der Waals surface area contributed by atoms with Crippen LogP contribution in [0, 0.1) is 0 Å². The van der Waals surface area contributed by atoms with E-state index in [1.165, 1.54) is 13.4 Å². The van der Waals surface area contributed by atoms with E-state index in [-0.39, 0.29) is 5.97 Å². The van der Waals surface area contributed by atoms with Crippen LogP contribution in [0.25, 0.3) is 0 Å². The predicted octanol–water partition coefficient (Wildman–Crippen LogP) is 1.69. The molecule has 0 unspecified atom stereocenters. The number of nitrogens with one attached hydrogen (secondary N) is 1. The molecule has 0 amide bonds. The maximum Gasteiger partial charge on any atom is 0.330 e. The number of ether oxygens (including phenoxy) is 1. The van der Waals surface area contributed by atoms with Gasteiger partial charge in [-0.25, -0.2) is 14.8 Å². The lowest BCUT2D eigenvalue weighted by Gasteiger charge is -2.24. The number of aromatic nitrogens is 2. The predicted molar refractivity (Wildman–Crippen MR) is 75.3 cm³/mol. The molecule has 1 aromatic rings. The van der Waals surface area contributed by atoms with E-state index < -0.39 is 5.54 Å². The van der Waals surface area contributed by atoms with Crippen LogP contribution in [0.4, 0.5) is 11.6 Å². The standard InChI is InChI=1S/C13H22N4O2/c1-6-7-17(4)11-8-10(14-9-15-11)16-13(2,3)12(18)19-5/h8-9H,6-7H2,1-5H3,(H,14,15,16). The van der Waals surface area contributed by atoms with Gasteiger partial charge in [0, 0.05) is 19.7 Å². The summed E-state index contributed by atoms with van der Waals surface area (Å²) in [6, 6.07) is 1.82. The Morgan fingerprint density at radius 3 is 2.74 bits per heavy atom. The summed E-state index contributed by atoms with van der Waals surface area (Å²) in [5.74, 6) is 1.08. The Morgan fingerprint density at radius 2 is 2.16 bits per heavy atom. The molecule has 1 heterocycles. The molecule has 0 aliphatic rings. The Kier molecular flexibility index (Phi) is 5.09. The van der Waals surface area contributed by atoms with E-state index in [9.17, 15) is 4.79 Å². The van der Waals surface area contributed by atoms with Crippen molar-refractivity contribution >= 4 is 17.6 Å². The fraction of sp³-hybridized carbons (Fsp3) is 0.615. The molecule has 1 rings (SSSR count). The largest absolute Gasteiger partial charge is 0.467 e. The number of esters is 1. The molecule has 0 radical (unpaired) electrons. The minimum atomic E-state index is -0.830. The second-order valence-electron chi connectivity index (χ2n) is 4.92. The summed E-state index contributed by atoms with van der Waals surface area (Å²) in [5.41, 5.74) is -0.830. The molecule has 0 atom stereocenters. The SMILES string of the molecule is CCCN(C)c1cc(NC(C)(C)C(=O)OC)ncn1. The fourth-order valence-electron chi connectivity index (χ4n) is 1.70. The summed E-state index contributed by atoms with van der Waals surface area (Å²) in [4.78, 5) is 22.0.